The van der Waals surface area contributed by atoms with Gasteiger partial charge >= 0.3 is 6.36 Å². The Hall–Kier alpha value is -3.82. The zero-order valence-electron chi connectivity index (χ0n) is 14.9. The first kappa shape index (κ1) is 18.5. The molecule has 1 amide bonds. The Kier molecular flexibility index (Phi) is 4.26. The molecule has 0 saturated heterocycles. The van der Waals surface area contributed by atoms with Crippen molar-refractivity contribution < 1.29 is 27.1 Å². The van der Waals surface area contributed by atoms with Crippen molar-refractivity contribution in [3.05, 3.63) is 59.5 Å². The number of rotatable bonds is 3. The van der Waals surface area contributed by atoms with Crippen LogP contribution in [0.5, 0.6) is 5.75 Å². The van der Waals surface area contributed by atoms with E-state index in [1.165, 1.54) is 42.5 Å². The summed E-state index contributed by atoms with van der Waals surface area (Å²) in [6.07, 6.45) is -2.06. The van der Waals surface area contributed by atoms with Gasteiger partial charge in [-0.3, -0.25) is 4.79 Å². The molecule has 7 nitrogen and oxygen atoms in total. The van der Waals surface area contributed by atoms with Crippen LogP contribution in [0.1, 0.15) is 21.6 Å². The third-order valence-electron chi connectivity index (χ3n) is 4.24. The van der Waals surface area contributed by atoms with Crippen LogP contribution in [0.2, 0.25) is 0 Å². The Bertz CT molecular complexity index is 1120. The molecule has 3 aromatic rings. The number of para-hydroxylation sites is 1. The van der Waals surface area contributed by atoms with Crippen molar-refractivity contribution in [3.63, 3.8) is 0 Å². The molecule has 148 valence electrons. The lowest BCUT2D eigenvalue weighted by Crippen LogP contribution is -2.18. The SMILES string of the molecule is CN1C(=O)c2c(nc(N)nc2-c2ccco2)/C1=C/c1ccccc1OC(F)(F)F. The molecule has 3 heterocycles. The number of nitrogens with two attached hydrogens (primary N) is 1. The molecule has 0 spiro atoms. The fourth-order valence-corrected chi connectivity index (χ4v) is 3.02. The molecule has 29 heavy (non-hydrogen) atoms. The molecule has 2 N–H and O–H groups in total. The molecule has 0 saturated carbocycles. The average Bonchev–Trinajstić information content (AvgIpc) is 3.25. The van der Waals surface area contributed by atoms with E-state index < -0.39 is 18.0 Å². The zero-order valence-corrected chi connectivity index (χ0v) is 14.9. The zero-order chi connectivity index (χ0) is 20.8. The van der Waals surface area contributed by atoms with E-state index in [1.54, 1.807) is 18.2 Å². The molecule has 1 aliphatic rings. The summed E-state index contributed by atoms with van der Waals surface area (Å²) in [6.45, 7) is 0. The first-order valence-electron chi connectivity index (χ1n) is 8.31. The van der Waals surface area contributed by atoms with Gasteiger partial charge in [0.1, 0.15) is 17.1 Å². The topological polar surface area (TPSA) is 94.5 Å². The lowest BCUT2D eigenvalue weighted by Gasteiger charge is -2.14. The molecule has 0 unspecified atom stereocenters. The van der Waals surface area contributed by atoms with Crippen LogP contribution in [0.3, 0.4) is 0 Å². The van der Waals surface area contributed by atoms with E-state index in [0.29, 0.717) is 5.76 Å². The van der Waals surface area contributed by atoms with E-state index in [1.807, 2.05) is 0 Å². The summed E-state index contributed by atoms with van der Waals surface area (Å²) in [5.41, 5.74) is 6.72. The Labute approximate surface area is 162 Å². The van der Waals surface area contributed by atoms with Crippen LogP contribution < -0.4 is 10.5 Å². The van der Waals surface area contributed by atoms with Gasteiger partial charge in [0.05, 0.1) is 17.5 Å². The first-order valence-corrected chi connectivity index (χ1v) is 8.31. The van der Waals surface area contributed by atoms with Crippen LogP contribution in [0.15, 0.2) is 47.1 Å². The van der Waals surface area contributed by atoms with Gasteiger partial charge < -0.3 is 19.8 Å². The molecule has 0 atom stereocenters. The van der Waals surface area contributed by atoms with Crippen LogP contribution >= 0.6 is 0 Å². The highest BCUT2D eigenvalue weighted by Crippen LogP contribution is 2.38. The number of ether oxygens (including phenoxy) is 1. The van der Waals surface area contributed by atoms with Gasteiger partial charge in [-0.05, 0) is 24.3 Å². The molecule has 0 fully saturated rings. The van der Waals surface area contributed by atoms with Gasteiger partial charge in [0, 0.05) is 12.6 Å². The van der Waals surface area contributed by atoms with Crippen LogP contribution in [0.4, 0.5) is 19.1 Å². The minimum absolute atomic E-state index is 0.107. The van der Waals surface area contributed by atoms with Crippen molar-refractivity contribution in [2.24, 2.45) is 0 Å². The van der Waals surface area contributed by atoms with Gasteiger partial charge in [0.2, 0.25) is 5.95 Å². The van der Waals surface area contributed by atoms with Crippen molar-refractivity contribution in [1.29, 1.82) is 0 Å². The van der Waals surface area contributed by atoms with E-state index in [9.17, 15) is 18.0 Å². The third kappa shape index (κ3) is 3.40. The van der Waals surface area contributed by atoms with Gasteiger partial charge in [-0.2, -0.15) is 0 Å². The van der Waals surface area contributed by atoms with Crippen molar-refractivity contribution in [1.82, 2.24) is 14.9 Å². The van der Waals surface area contributed by atoms with Gasteiger partial charge in [-0.15, -0.1) is 13.2 Å². The fraction of sp³-hybridized carbons (Fsp3) is 0.105. The number of aromatic nitrogens is 2. The van der Waals surface area contributed by atoms with Crippen LogP contribution in [0, 0.1) is 0 Å². The predicted molar refractivity (Wildman–Crippen MR) is 97.2 cm³/mol. The van der Waals surface area contributed by atoms with E-state index in [4.69, 9.17) is 10.2 Å². The predicted octanol–water partition coefficient (Wildman–Crippen LogP) is 3.80. The normalized spacial score (nSPS) is 15.1. The van der Waals surface area contributed by atoms with Crippen molar-refractivity contribution in [2.75, 3.05) is 12.8 Å². The molecule has 0 aliphatic carbocycles. The smallest absolute Gasteiger partial charge is 0.463 e. The number of amides is 1. The Morgan fingerprint density at radius 1 is 1.14 bits per heavy atom. The second-order valence-electron chi connectivity index (χ2n) is 6.11. The van der Waals surface area contributed by atoms with E-state index in [2.05, 4.69) is 14.7 Å². The summed E-state index contributed by atoms with van der Waals surface area (Å²) in [5.74, 6) is -0.634. The third-order valence-corrected chi connectivity index (χ3v) is 4.24. The van der Waals surface area contributed by atoms with Crippen LogP contribution in [0.25, 0.3) is 23.2 Å². The molecule has 1 aliphatic heterocycles. The largest absolute Gasteiger partial charge is 0.573 e. The Morgan fingerprint density at radius 3 is 2.55 bits per heavy atom. The van der Waals surface area contributed by atoms with Crippen molar-refractivity contribution in [3.8, 4) is 17.2 Å². The highest BCUT2D eigenvalue weighted by atomic mass is 19.4. The second-order valence-corrected chi connectivity index (χ2v) is 6.11. The van der Waals surface area contributed by atoms with Crippen molar-refractivity contribution >= 4 is 23.6 Å². The van der Waals surface area contributed by atoms with E-state index in [-0.39, 0.29) is 34.2 Å². The maximum Gasteiger partial charge on any atom is 0.573 e. The Balaban J connectivity index is 1.89. The number of hydrogen-bond acceptors (Lipinski definition) is 6. The lowest BCUT2D eigenvalue weighted by atomic mass is 10.1. The number of fused-ring (bicyclic) bond motifs is 1. The molecule has 1 aromatic carbocycles. The summed E-state index contributed by atoms with van der Waals surface area (Å²) in [4.78, 5) is 22.4. The molecule has 4 rings (SSSR count). The summed E-state index contributed by atoms with van der Waals surface area (Å²) in [7, 11) is 1.48. The number of carbonyl (C=O) groups is 1. The van der Waals surface area contributed by atoms with Gasteiger partial charge in [0.15, 0.2) is 5.76 Å². The van der Waals surface area contributed by atoms with Gasteiger partial charge in [-0.25, -0.2) is 9.97 Å². The standard InChI is InChI=1S/C19H13F3N4O3/c1-26-11(9-10-5-2-3-6-12(10)29-19(20,21)22)15-14(17(26)27)16(25-18(23)24-15)13-7-4-8-28-13/h2-9H,1H3,(H2,23,24,25)/b11-9-. The monoisotopic (exact) mass is 402 g/mol. The fourth-order valence-electron chi connectivity index (χ4n) is 3.02. The number of nitrogens with zero attached hydrogens (tertiary/aromatic N) is 3. The number of benzene rings is 1. The van der Waals surface area contributed by atoms with E-state index in [0.717, 1.165) is 0 Å². The minimum atomic E-state index is -4.86. The Morgan fingerprint density at radius 2 is 1.86 bits per heavy atom. The number of halogens is 3. The number of anilines is 1. The molecular formula is C19H13F3N4O3. The highest BCUT2D eigenvalue weighted by Gasteiger charge is 2.37. The minimum Gasteiger partial charge on any atom is -0.463 e. The van der Waals surface area contributed by atoms with Gasteiger partial charge in [-0.1, -0.05) is 18.2 Å². The summed E-state index contributed by atoms with van der Waals surface area (Å²) in [6, 6.07) is 8.82. The number of furan rings is 1. The number of hydrogen-bond donors (Lipinski definition) is 1. The number of carbonyl (C=O) groups excluding carboxylic acids is 1. The molecular weight excluding hydrogens is 389 g/mol. The maximum atomic E-state index is 12.8. The van der Waals surface area contributed by atoms with Crippen molar-refractivity contribution in [2.45, 2.75) is 6.36 Å². The first-order chi connectivity index (χ1) is 13.7. The number of nitrogen functional groups attached to an aromatic ring is 1. The summed E-state index contributed by atoms with van der Waals surface area (Å²) < 4.78 is 47.6. The summed E-state index contributed by atoms with van der Waals surface area (Å²) >= 11 is 0. The lowest BCUT2D eigenvalue weighted by molar-refractivity contribution is -0.274. The van der Waals surface area contributed by atoms with Crippen LogP contribution in [-0.2, 0) is 0 Å². The summed E-state index contributed by atoms with van der Waals surface area (Å²) in [5, 5.41) is 0. The molecule has 2 aromatic heterocycles. The van der Waals surface area contributed by atoms with Gasteiger partial charge in [0.25, 0.3) is 5.91 Å². The van der Waals surface area contributed by atoms with E-state index >= 15 is 0 Å². The quantitative estimate of drug-likeness (QED) is 0.716. The second kappa shape index (κ2) is 6.66. The highest BCUT2D eigenvalue weighted by molar-refractivity contribution is 6.14. The maximum absolute atomic E-state index is 12.8. The number of alkyl halides is 3. The molecule has 0 bridgehead atoms. The van der Waals surface area contributed by atoms with Crippen LogP contribution in [-0.4, -0.2) is 34.2 Å². The molecule has 0 radical (unpaired) electrons. The average molecular weight is 402 g/mol. The molecule has 10 heteroatoms.